The molecule has 3 unspecified atom stereocenters. The average molecular weight is 742 g/mol. The van der Waals surface area contributed by atoms with Gasteiger partial charge in [-0.3, -0.25) is 14.4 Å². The summed E-state index contributed by atoms with van der Waals surface area (Å²) in [6.45, 7) is 6.17. The number of hydrogen-bond donors (Lipinski definition) is 7. The van der Waals surface area contributed by atoms with Gasteiger partial charge in [0.05, 0.1) is 7.05 Å². The fourth-order valence-corrected chi connectivity index (χ4v) is 10.5. The third kappa shape index (κ3) is 8.19. The lowest BCUT2D eigenvalue weighted by atomic mass is 10.1. The molecule has 0 aromatic rings. The number of likely N-dealkylation sites (N-methyl/N-ethyl adjacent to an activating group) is 1. The molecule has 4 rings (SSSR count). The molecule has 4 fully saturated rings. The van der Waals surface area contributed by atoms with E-state index < -0.39 is 41.9 Å². The van der Waals surface area contributed by atoms with Gasteiger partial charge in [-0.05, 0) is 38.5 Å². The number of quaternary nitrogens is 4. The molecule has 7 N–H and O–H groups in total. The van der Waals surface area contributed by atoms with E-state index >= 15 is 0 Å². The van der Waals surface area contributed by atoms with Crippen molar-refractivity contribution in [3.8, 4) is 0 Å². The molecule has 0 aromatic carbocycles. The second kappa shape index (κ2) is 16.9. The van der Waals surface area contributed by atoms with Gasteiger partial charge in [-0.25, -0.2) is 19.2 Å². The second-order valence-electron chi connectivity index (χ2n) is 15.6. The standard InChI is InChI=1S/C34H55N7O11/c1-38-15-17-39(19-20-41(25-31(48)49)22-21-40(18-16-38,24-30(46)47)34(38,39)41)23-26(42)9-4-2-3-5-11-28(43)35-13-7-6-10-27(32(50)51)37-33(52)36-14-8-12-29(44)45/h27H,2-25H2,1H3,(H3-4,35,36,37,43,44,45,46,47,48,49,50,51,52)/p+4/t27-,34+,38?,39-,40?,41?/m0/s1. The van der Waals surface area contributed by atoms with Gasteiger partial charge in [0, 0.05) is 32.4 Å². The summed E-state index contributed by atoms with van der Waals surface area (Å²) in [5.74, 6) is -4.61. The quantitative estimate of drug-likeness (QED) is 0.0494. The Morgan fingerprint density at radius 3 is 1.63 bits per heavy atom. The van der Waals surface area contributed by atoms with Gasteiger partial charge >= 0.3 is 35.8 Å². The van der Waals surface area contributed by atoms with Gasteiger partial charge in [-0.1, -0.05) is 12.8 Å². The molecular formula is C34H59N7O11+4. The van der Waals surface area contributed by atoms with Crippen molar-refractivity contribution < 1.29 is 71.9 Å². The van der Waals surface area contributed by atoms with Crippen LogP contribution in [0.25, 0.3) is 0 Å². The van der Waals surface area contributed by atoms with E-state index in [1.54, 1.807) is 0 Å². The summed E-state index contributed by atoms with van der Waals surface area (Å²) in [4.78, 5) is 84.4. The minimum atomic E-state index is -1.18. The second-order valence-corrected chi connectivity index (χ2v) is 15.6. The van der Waals surface area contributed by atoms with Gasteiger partial charge in [0.15, 0.2) is 25.4 Å². The van der Waals surface area contributed by atoms with Crippen molar-refractivity contribution in [1.29, 1.82) is 0 Å². The molecule has 0 radical (unpaired) electrons. The van der Waals surface area contributed by atoms with Gasteiger partial charge in [0.2, 0.25) is 5.91 Å². The average Bonchev–Trinajstić information content (AvgIpc) is 3.68. The fourth-order valence-electron chi connectivity index (χ4n) is 10.5. The molecule has 4 saturated heterocycles. The first-order valence-electron chi connectivity index (χ1n) is 18.7. The van der Waals surface area contributed by atoms with Crippen LogP contribution in [-0.2, 0) is 28.8 Å². The number of amides is 3. The number of rotatable bonds is 24. The van der Waals surface area contributed by atoms with Crippen LogP contribution in [0.3, 0.4) is 0 Å². The van der Waals surface area contributed by atoms with Crippen molar-refractivity contribution in [2.75, 3.05) is 92.1 Å². The molecule has 4 aliphatic rings. The zero-order chi connectivity index (χ0) is 38.2. The molecule has 1 spiro atoms. The first-order chi connectivity index (χ1) is 24.6. The van der Waals surface area contributed by atoms with Crippen molar-refractivity contribution in [1.82, 2.24) is 16.0 Å². The lowest BCUT2D eigenvalue weighted by molar-refractivity contribution is -1.36. The SMILES string of the molecule is C[N+]12CC[N+]3(CC(=O)O)CC[N+]4(CC(=O)O)CC[N@+](CC(=O)CCCCCCC(=O)NCCCC[C@H](NC(=O)NCCCC(=O)O)C(=O)O)(CC1)[C@]234. The van der Waals surface area contributed by atoms with E-state index in [4.69, 9.17) is 5.11 Å². The minimum Gasteiger partial charge on any atom is -0.481 e. The molecule has 0 bridgehead atoms. The van der Waals surface area contributed by atoms with E-state index in [1.165, 1.54) is 0 Å². The van der Waals surface area contributed by atoms with E-state index in [2.05, 4.69) is 23.0 Å². The van der Waals surface area contributed by atoms with E-state index in [1.807, 2.05) is 0 Å². The van der Waals surface area contributed by atoms with Gasteiger partial charge in [0.1, 0.15) is 58.4 Å². The first-order valence-corrected chi connectivity index (χ1v) is 18.7. The van der Waals surface area contributed by atoms with E-state index in [0.717, 1.165) is 32.5 Å². The third-order valence-electron chi connectivity index (χ3n) is 12.3. The van der Waals surface area contributed by atoms with Crippen molar-refractivity contribution in [2.24, 2.45) is 0 Å². The predicted octanol–water partition coefficient (Wildman–Crippen LogP) is -0.468. The number of urea groups is 1. The Bertz CT molecular complexity index is 1370. The lowest BCUT2D eigenvalue weighted by Crippen LogP contribution is -2.85. The van der Waals surface area contributed by atoms with Crippen LogP contribution in [-0.4, -0.2) is 184 Å². The van der Waals surface area contributed by atoms with Crippen LogP contribution in [0.2, 0.25) is 0 Å². The highest BCUT2D eigenvalue weighted by atomic mass is 16.4. The maximum absolute atomic E-state index is 13.6. The number of aliphatic carboxylic acids is 4. The Morgan fingerprint density at radius 2 is 1.10 bits per heavy atom. The zero-order valence-corrected chi connectivity index (χ0v) is 30.5. The molecule has 18 nitrogen and oxygen atoms in total. The highest BCUT2D eigenvalue weighted by Crippen LogP contribution is 2.61. The number of ketones is 1. The Morgan fingerprint density at radius 1 is 0.577 bits per heavy atom. The number of hydrogen-bond acceptors (Lipinski definition) is 7. The number of carbonyl (C=O) groups is 7. The topological polar surface area (TPSA) is 236 Å². The first kappa shape index (κ1) is 40.9. The summed E-state index contributed by atoms with van der Waals surface area (Å²) in [6.07, 6.45) is 4.94. The van der Waals surface area contributed by atoms with E-state index in [-0.39, 0.29) is 50.6 Å². The zero-order valence-electron chi connectivity index (χ0n) is 30.5. The normalized spacial score (nSPS) is 30.2. The van der Waals surface area contributed by atoms with Crippen LogP contribution in [0.4, 0.5) is 4.79 Å². The van der Waals surface area contributed by atoms with Gasteiger partial charge in [-0.15, -0.1) is 8.97 Å². The molecule has 0 aromatic heterocycles. The van der Waals surface area contributed by atoms with Crippen molar-refractivity contribution in [3.05, 3.63) is 0 Å². The molecule has 4 aliphatic heterocycles. The number of unbranched alkanes of at least 4 members (excludes halogenated alkanes) is 4. The monoisotopic (exact) mass is 741 g/mol. The molecule has 0 aliphatic carbocycles. The number of nitrogens with one attached hydrogen (secondary N) is 3. The summed E-state index contributed by atoms with van der Waals surface area (Å²) in [5, 5.41) is 45.7. The molecule has 3 amide bonds. The van der Waals surface area contributed by atoms with E-state index in [9.17, 15) is 48.9 Å². The smallest absolute Gasteiger partial charge is 0.481 e. The number of Topliss-reactive ketones (excluding diaryl/α,β-unsaturated/α-hetero) is 1. The molecule has 52 heavy (non-hydrogen) atoms. The van der Waals surface area contributed by atoms with Gasteiger partial charge < -0.3 is 36.4 Å². The number of nitrogens with zero attached hydrogens (tertiary/aromatic N) is 4. The maximum atomic E-state index is 13.6. The molecule has 18 heteroatoms. The summed E-state index contributed by atoms with van der Waals surface area (Å²) in [7, 11) is 2.15. The van der Waals surface area contributed by atoms with Gasteiger partial charge in [0.25, 0.3) is 0 Å². The largest absolute Gasteiger partial charge is 0.482 e. The summed E-state index contributed by atoms with van der Waals surface area (Å²) in [6, 6.07) is -1.78. The molecule has 4 heterocycles. The Hall–Kier alpha value is -3.87. The molecule has 292 valence electrons. The summed E-state index contributed by atoms with van der Waals surface area (Å²) in [5.41, 5.74) is 0. The number of carbonyl (C=O) groups excluding carboxylic acids is 3. The maximum Gasteiger partial charge on any atom is 0.482 e. The highest BCUT2D eigenvalue weighted by molar-refractivity contribution is 5.82. The van der Waals surface area contributed by atoms with E-state index in [0.29, 0.717) is 102 Å². The number of carboxylic acids is 4. The van der Waals surface area contributed by atoms with Gasteiger partial charge in [-0.2, -0.15) is 8.97 Å². The minimum absolute atomic E-state index is 0.0576. The Labute approximate surface area is 304 Å². The van der Waals surface area contributed by atoms with Crippen LogP contribution in [0.15, 0.2) is 0 Å². The molecule has 0 saturated carbocycles. The van der Waals surface area contributed by atoms with Crippen molar-refractivity contribution in [3.63, 3.8) is 0 Å². The lowest BCUT2D eigenvalue weighted by Gasteiger charge is -2.49. The van der Waals surface area contributed by atoms with Crippen LogP contribution >= 0.6 is 0 Å². The van der Waals surface area contributed by atoms with Crippen LogP contribution in [0, 0.1) is 0 Å². The molecule has 6 atom stereocenters. The highest BCUT2D eigenvalue weighted by Gasteiger charge is 2.98. The number of carboxylic acid groups (broad SMARTS) is 4. The summed E-state index contributed by atoms with van der Waals surface area (Å²) >= 11 is 0. The Balaban J connectivity index is 1.15. The predicted molar refractivity (Wildman–Crippen MR) is 183 cm³/mol. The van der Waals surface area contributed by atoms with Crippen LogP contribution < -0.4 is 16.0 Å². The Kier molecular flexibility index (Phi) is 13.3. The third-order valence-corrected chi connectivity index (χ3v) is 12.3. The summed E-state index contributed by atoms with van der Waals surface area (Å²) < 4.78 is 1.78. The molecular weight excluding hydrogens is 682 g/mol. The van der Waals surface area contributed by atoms with Crippen molar-refractivity contribution in [2.45, 2.75) is 82.6 Å². The van der Waals surface area contributed by atoms with Crippen LogP contribution in [0.5, 0.6) is 0 Å². The van der Waals surface area contributed by atoms with Crippen LogP contribution in [0.1, 0.15) is 70.6 Å². The fraction of sp³-hybridized carbons (Fsp3) is 0.794. The van der Waals surface area contributed by atoms with Crippen molar-refractivity contribution >= 4 is 41.6 Å².